The number of hydrogen-bond donors (Lipinski definition) is 2. The molecule has 0 bridgehead atoms. The number of aliphatic hydroxyl groups excluding tert-OH is 1. The van der Waals surface area contributed by atoms with E-state index in [-0.39, 0.29) is 31.4 Å². The van der Waals surface area contributed by atoms with Crippen LogP contribution >= 0.6 is 0 Å². The normalized spacial score (nSPS) is 29.6. The van der Waals surface area contributed by atoms with Gasteiger partial charge in [-0.3, -0.25) is 9.59 Å². The summed E-state index contributed by atoms with van der Waals surface area (Å²) in [5, 5.41) is 12.7. The number of carbonyl (C=O) groups excluding carboxylic acids is 3. The standard InChI is InChI=1S/C15H18N2O5.C12H11NO2/c1-2-21-15(20)16-11-10-8-22-14(9-6-4-3-5-7-9)17(10)13(19)12(11)18;14-11-7-6-10-8-15-12(13(10)11)9-4-2-1-3-5-9/h3-7,10-12,14,18H,2,8H2,1H3,(H,16,20);1-7,10,12H,8H2/t10-,11-,12-,14-;10-,12+/m01/s1. The van der Waals surface area contributed by atoms with Crippen LogP contribution in [0, 0.1) is 0 Å². The van der Waals surface area contributed by atoms with Crippen molar-refractivity contribution >= 4 is 17.9 Å². The van der Waals surface area contributed by atoms with Gasteiger partial charge in [0.15, 0.2) is 18.6 Å². The van der Waals surface area contributed by atoms with Gasteiger partial charge < -0.3 is 34.4 Å². The van der Waals surface area contributed by atoms with Gasteiger partial charge in [0.2, 0.25) is 5.91 Å². The fraction of sp³-hybridized carbons (Fsp3) is 0.370. The molecule has 3 fully saturated rings. The van der Waals surface area contributed by atoms with Crippen molar-refractivity contribution in [2.75, 3.05) is 19.8 Å². The molecule has 4 aliphatic heterocycles. The molecular weight excluding hydrogens is 478 g/mol. The molecule has 0 unspecified atom stereocenters. The van der Waals surface area contributed by atoms with E-state index in [1.165, 1.54) is 4.90 Å². The van der Waals surface area contributed by atoms with Crippen LogP contribution in [-0.2, 0) is 23.8 Å². The summed E-state index contributed by atoms with van der Waals surface area (Å²) in [4.78, 5) is 38.8. The SMILES string of the molecule is CCOC(=O)N[C@@H]1[C@H](O)C(=O)N2[C@H](c3ccccc3)OC[C@@H]12.O=C1C=C[C@@H]2CO[C@@H](c3ccccc3)N12. The summed E-state index contributed by atoms with van der Waals surface area (Å²) in [5.74, 6) is -0.399. The zero-order valence-electron chi connectivity index (χ0n) is 20.3. The highest BCUT2D eigenvalue weighted by molar-refractivity contribution is 5.91. The average Bonchev–Trinajstić information content (AvgIpc) is 3.68. The number of ether oxygens (including phenoxy) is 3. The molecule has 2 aromatic carbocycles. The van der Waals surface area contributed by atoms with Gasteiger partial charge in [-0.15, -0.1) is 0 Å². The Balaban J connectivity index is 0.000000162. The Morgan fingerprint density at radius 3 is 2.19 bits per heavy atom. The number of nitrogens with zero attached hydrogens (tertiary/aromatic N) is 2. The lowest BCUT2D eigenvalue weighted by Crippen LogP contribution is -2.48. The van der Waals surface area contributed by atoms with Gasteiger partial charge >= 0.3 is 6.09 Å². The first kappa shape index (κ1) is 24.9. The largest absolute Gasteiger partial charge is 0.450 e. The smallest absolute Gasteiger partial charge is 0.407 e. The number of benzene rings is 2. The number of nitrogens with one attached hydrogen (secondary N) is 1. The second-order valence-corrected chi connectivity index (χ2v) is 9.01. The maximum Gasteiger partial charge on any atom is 0.407 e. The van der Waals surface area contributed by atoms with Crippen molar-refractivity contribution in [2.45, 2.75) is 43.6 Å². The molecule has 4 heterocycles. The van der Waals surface area contributed by atoms with Gasteiger partial charge in [0.05, 0.1) is 37.9 Å². The van der Waals surface area contributed by atoms with E-state index in [1.807, 2.05) is 66.7 Å². The van der Waals surface area contributed by atoms with Crippen molar-refractivity contribution in [1.82, 2.24) is 15.1 Å². The van der Waals surface area contributed by atoms with E-state index < -0.39 is 36.4 Å². The monoisotopic (exact) mass is 507 g/mol. The van der Waals surface area contributed by atoms with Crippen LogP contribution in [0.2, 0.25) is 0 Å². The van der Waals surface area contributed by atoms with Crippen LogP contribution in [0.3, 0.4) is 0 Å². The predicted octanol–water partition coefficient (Wildman–Crippen LogP) is 1.88. The van der Waals surface area contributed by atoms with Crippen LogP contribution in [0.5, 0.6) is 0 Å². The Labute approximate surface area is 214 Å². The quantitative estimate of drug-likeness (QED) is 0.649. The van der Waals surface area contributed by atoms with Crippen molar-refractivity contribution in [3.8, 4) is 0 Å². The molecule has 0 aromatic heterocycles. The molecule has 3 saturated heterocycles. The van der Waals surface area contributed by atoms with Gasteiger partial charge in [0, 0.05) is 17.2 Å². The number of carbonyl (C=O) groups is 3. The predicted molar refractivity (Wildman–Crippen MR) is 131 cm³/mol. The molecule has 4 aliphatic rings. The summed E-state index contributed by atoms with van der Waals surface area (Å²) < 4.78 is 16.1. The average molecular weight is 508 g/mol. The van der Waals surface area contributed by atoms with Gasteiger partial charge in [0.25, 0.3) is 5.91 Å². The minimum Gasteiger partial charge on any atom is -0.450 e. The van der Waals surface area contributed by atoms with Crippen molar-refractivity contribution in [3.63, 3.8) is 0 Å². The fourth-order valence-corrected chi connectivity index (χ4v) is 5.06. The Kier molecular flexibility index (Phi) is 7.22. The molecule has 6 atom stereocenters. The first-order valence-corrected chi connectivity index (χ1v) is 12.3. The second kappa shape index (κ2) is 10.7. The first-order valence-electron chi connectivity index (χ1n) is 12.3. The van der Waals surface area contributed by atoms with E-state index in [4.69, 9.17) is 14.2 Å². The third-order valence-corrected chi connectivity index (χ3v) is 6.78. The second-order valence-electron chi connectivity index (χ2n) is 9.01. The number of aliphatic hydroxyl groups is 1. The van der Waals surface area contributed by atoms with Crippen LogP contribution in [0.15, 0.2) is 72.8 Å². The Hall–Kier alpha value is -3.73. The van der Waals surface area contributed by atoms with Crippen LogP contribution in [0.25, 0.3) is 0 Å². The molecule has 10 nitrogen and oxygen atoms in total. The molecule has 3 amide bonds. The summed E-state index contributed by atoms with van der Waals surface area (Å²) in [5.41, 5.74) is 1.87. The van der Waals surface area contributed by atoms with Crippen molar-refractivity contribution in [3.05, 3.63) is 83.9 Å². The van der Waals surface area contributed by atoms with E-state index >= 15 is 0 Å². The number of fused-ring (bicyclic) bond motifs is 2. The summed E-state index contributed by atoms with van der Waals surface area (Å²) in [6.45, 7) is 2.76. The van der Waals surface area contributed by atoms with Crippen molar-refractivity contribution in [1.29, 1.82) is 0 Å². The van der Waals surface area contributed by atoms with Gasteiger partial charge in [-0.1, -0.05) is 66.7 Å². The Bertz CT molecular complexity index is 1160. The number of hydrogen-bond acceptors (Lipinski definition) is 7. The lowest BCUT2D eigenvalue weighted by Gasteiger charge is -2.23. The first-order chi connectivity index (χ1) is 18.0. The zero-order valence-corrected chi connectivity index (χ0v) is 20.3. The molecule has 0 aliphatic carbocycles. The van der Waals surface area contributed by atoms with E-state index in [0.29, 0.717) is 6.61 Å². The summed E-state index contributed by atoms with van der Waals surface area (Å²) in [6, 6.07) is 18.1. The Morgan fingerprint density at radius 2 is 1.57 bits per heavy atom. The molecule has 0 spiro atoms. The number of amides is 3. The molecule has 10 heteroatoms. The maximum atomic E-state index is 12.3. The topological polar surface area (TPSA) is 118 Å². The molecular formula is C27H29N3O7. The van der Waals surface area contributed by atoms with Crippen LogP contribution in [-0.4, -0.2) is 76.9 Å². The van der Waals surface area contributed by atoms with Gasteiger partial charge in [-0.25, -0.2) is 4.79 Å². The van der Waals surface area contributed by atoms with Crippen molar-refractivity contribution in [2.24, 2.45) is 0 Å². The van der Waals surface area contributed by atoms with E-state index in [0.717, 1.165) is 11.1 Å². The summed E-state index contributed by atoms with van der Waals surface area (Å²) in [7, 11) is 0. The highest BCUT2D eigenvalue weighted by atomic mass is 16.5. The molecule has 6 rings (SSSR count). The molecule has 2 aromatic rings. The van der Waals surface area contributed by atoms with E-state index in [9.17, 15) is 19.5 Å². The third kappa shape index (κ3) is 4.83. The molecule has 194 valence electrons. The van der Waals surface area contributed by atoms with E-state index in [2.05, 4.69) is 5.32 Å². The van der Waals surface area contributed by atoms with Crippen molar-refractivity contribution < 1.29 is 33.7 Å². The summed E-state index contributed by atoms with van der Waals surface area (Å²) in [6.07, 6.45) is 0.851. The Morgan fingerprint density at radius 1 is 0.973 bits per heavy atom. The maximum absolute atomic E-state index is 12.3. The molecule has 37 heavy (non-hydrogen) atoms. The number of rotatable bonds is 4. The number of alkyl carbamates (subject to hydrolysis) is 1. The zero-order chi connectivity index (χ0) is 25.9. The van der Waals surface area contributed by atoms with Crippen LogP contribution in [0.1, 0.15) is 30.5 Å². The summed E-state index contributed by atoms with van der Waals surface area (Å²) >= 11 is 0. The highest BCUT2D eigenvalue weighted by Gasteiger charge is 2.55. The molecule has 2 N–H and O–H groups in total. The molecule has 0 radical (unpaired) electrons. The van der Waals surface area contributed by atoms with Crippen LogP contribution in [0.4, 0.5) is 4.79 Å². The minimum atomic E-state index is -1.29. The van der Waals surface area contributed by atoms with Gasteiger partial charge in [0.1, 0.15) is 0 Å². The highest BCUT2D eigenvalue weighted by Crippen LogP contribution is 2.37. The lowest BCUT2D eigenvalue weighted by atomic mass is 10.1. The molecule has 0 saturated carbocycles. The lowest BCUT2D eigenvalue weighted by molar-refractivity contribution is -0.141. The van der Waals surface area contributed by atoms with Crippen LogP contribution < -0.4 is 5.32 Å². The van der Waals surface area contributed by atoms with Gasteiger partial charge in [-0.05, 0) is 6.92 Å². The third-order valence-electron chi connectivity index (χ3n) is 6.78. The fourth-order valence-electron chi connectivity index (χ4n) is 5.06. The minimum absolute atomic E-state index is 0.0475. The van der Waals surface area contributed by atoms with Gasteiger partial charge in [-0.2, -0.15) is 0 Å². The van der Waals surface area contributed by atoms with E-state index in [1.54, 1.807) is 17.9 Å².